The second-order valence-corrected chi connectivity index (χ2v) is 6.71. The number of aromatic nitrogens is 2. The third kappa shape index (κ3) is 3.98. The summed E-state index contributed by atoms with van der Waals surface area (Å²) in [6.45, 7) is 6.30. The van der Waals surface area contributed by atoms with Crippen molar-refractivity contribution < 1.29 is 4.52 Å². The summed E-state index contributed by atoms with van der Waals surface area (Å²) in [5, 5.41) is 4.15. The summed E-state index contributed by atoms with van der Waals surface area (Å²) >= 11 is 0. The minimum Gasteiger partial charge on any atom is -0.339 e. The number of hydrogen-bond donors (Lipinski definition) is 0. The molecule has 2 aliphatic rings. The first-order valence-corrected chi connectivity index (χ1v) is 8.68. The van der Waals surface area contributed by atoms with Crippen molar-refractivity contribution in [3.8, 4) is 0 Å². The topological polar surface area (TPSA) is 45.4 Å². The van der Waals surface area contributed by atoms with E-state index in [1.165, 1.54) is 24.8 Å². The van der Waals surface area contributed by atoms with Gasteiger partial charge in [0.1, 0.15) is 0 Å². The molecule has 5 nitrogen and oxygen atoms in total. The summed E-state index contributed by atoms with van der Waals surface area (Å²) in [6, 6.07) is 10.7. The Hall–Kier alpha value is -1.72. The van der Waals surface area contributed by atoms with Crippen LogP contribution in [-0.2, 0) is 13.1 Å². The van der Waals surface area contributed by atoms with E-state index < -0.39 is 0 Å². The van der Waals surface area contributed by atoms with Gasteiger partial charge in [-0.2, -0.15) is 4.98 Å². The van der Waals surface area contributed by atoms with E-state index in [9.17, 15) is 0 Å². The van der Waals surface area contributed by atoms with E-state index in [1.54, 1.807) is 0 Å². The Morgan fingerprint density at radius 1 is 0.957 bits per heavy atom. The Balaban J connectivity index is 1.30. The van der Waals surface area contributed by atoms with Crippen molar-refractivity contribution in [1.29, 1.82) is 0 Å². The first kappa shape index (κ1) is 14.8. The summed E-state index contributed by atoms with van der Waals surface area (Å²) in [4.78, 5) is 9.54. The molecule has 0 atom stereocenters. The van der Waals surface area contributed by atoms with Gasteiger partial charge < -0.3 is 4.52 Å². The first-order valence-electron chi connectivity index (χ1n) is 8.68. The van der Waals surface area contributed by atoms with Crippen LogP contribution in [0.4, 0.5) is 0 Å². The molecule has 2 heterocycles. The number of hydrogen-bond acceptors (Lipinski definition) is 5. The molecule has 0 unspecified atom stereocenters. The van der Waals surface area contributed by atoms with Crippen LogP contribution >= 0.6 is 0 Å². The SMILES string of the molecule is c1ccc(CN2CCCN(Cc3noc(C4CC4)n3)CC2)cc1. The summed E-state index contributed by atoms with van der Waals surface area (Å²) in [5.74, 6) is 2.24. The molecule has 0 amide bonds. The quantitative estimate of drug-likeness (QED) is 0.849. The fraction of sp³-hybridized carbons (Fsp3) is 0.556. The largest absolute Gasteiger partial charge is 0.339 e. The van der Waals surface area contributed by atoms with Gasteiger partial charge in [0.15, 0.2) is 5.82 Å². The Morgan fingerprint density at radius 3 is 2.43 bits per heavy atom. The van der Waals surface area contributed by atoms with Crippen LogP contribution in [0.5, 0.6) is 0 Å². The number of benzene rings is 1. The zero-order valence-electron chi connectivity index (χ0n) is 13.5. The third-order valence-electron chi connectivity index (χ3n) is 4.71. The van der Waals surface area contributed by atoms with Gasteiger partial charge >= 0.3 is 0 Å². The van der Waals surface area contributed by atoms with E-state index in [1.807, 2.05) is 0 Å². The molecule has 2 fully saturated rings. The molecule has 2 aromatic rings. The lowest BCUT2D eigenvalue weighted by Gasteiger charge is -2.21. The highest BCUT2D eigenvalue weighted by Gasteiger charge is 2.29. The van der Waals surface area contributed by atoms with Crippen molar-refractivity contribution in [2.75, 3.05) is 26.2 Å². The van der Waals surface area contributed by atoms with Crippen LogP contribution in [0.1, 0.15) is 42.5 Å². The maximum absolute atomic E-state index is 5.36. The molecule has 0 bridgehead atoms. The monoisotopic (exact) mass is 312 g/mol. The summed E-state index contributed by atoms with van der Waals surface area (Å²) in [5.41, 5.74) is 1.40. The van der Waals surface area contributed by atoms with Gasteiger partial charge in [-0.1, -0.05) is 35.5 Å². The van der Waals surface area contributed by atoms with E-state index in [2.05, 4.69) is 50.3 Å². The Kier molecular flexibility index (Phi) is 4.39. The van der Waals surface area contributed by atoms with Crippen LogP contribution in [0.3, 0.4) is 0 Å². The van der Waals surface area contributed by atoms with Gasteiger partial charge in [0.2, 0.25) is 5.89 Å². The average molecular weight is 312 g/mol. The average Bonchev–Trinajstić information content (AvgIpc) is 3.35. The second-order valence-electron chi connectivity index (χ2n) is 6.71. The predicted octanol–water partition coefficient (Wildman–Crippen LogP) is 2.65. The Morgan fingerprint density at radius 2 is 1.70 bits per heavy atom. The zero-order valence-corrected chi connectivity index (χ0v) is 13.5. The molecule has 1 saturated heterocycles. The van der Waals surface area contributed by atoms with Crippen LogP contribution < -0.4 is 0 Å². The van der Waals surface area contributed by atoms with Gasteiger partial charge in [-0.15, -0.1) is 0 Å². The molecule has 0 spiro atoms. The molecule has 1 saturated carbocycles. The molecule has 1 aliphatic carbocycles. The number of nitrogens with zero attached hydrogens (tertiary/aromatic N) is 4. The van der Waals surface area contributed by atoms with E-state index >= 15 is 0 Å². The van der Waals surface area contributed by atoms with Crippen molar-refractivity contribution in [3.05, 3.63) is 47.6 Å². The third-order valence-corrected chi connectivity index (χ3v) is 4.71. The first-order chi connectivity index (χ1) is 11.4. The van der Waals surface area contributed by atoms with Gasteiger partial charge in [0, 0.05) is 25.6 Å². The molecule has 4 rings (SSSR count). The molecule has 122 valence electrons. The maximum Gasteiger partial charge on any atom is 0.229 e. The number of rotatable bonds is 5. The molecular formula is C18H24N4O. The van der Waals surface area contributed by atoms with Gasteiger partial charge in [-0.3, -0.25) is 9.80 Å². The maximum atomic E-state index is 5.36. The molecule has 23 heavy (non-hydrogen) atoms. The van der Waals surface area contributed by atoms with Gasteiger partial charge in [-0.05, 0) is 37.9 Å². The van der Waals surface area contributed by atoms with Crippen molar-refractivity contribution >= 4 is 0 Å². The van der Waals surface area contributed by atoms with E-state index in [0.717, 1.165) is 51.0 Å². The summed E-state index contributed by atoms with van der Waals surface area (Å²) in [7, 11) is 0. The van der Waals surface area contributed by atoms with E-state index in [4.69, 9.17) is 4.52 Å². The lowest BCUT2D eigenvalue weighted by atomic mass is 10.2. The fourth-order valence-electron chi connectivity index (χ4n) is 3.21. The highest BCUT2D eigenvalue weighted by atomic mass is 16.5. The molecule has 0 radical (unpaired) electrons. The second kappa shape index (κ2) is 6.81. The Labute approximate surface area is 137 Å². The van der Waals surface area contributed by atoms with Crippen LogP contribution in [0.15, 0.2) is 34.9 Å². The molecule has 0 N–H and O–H groups in total. The molecule has 5 heteroatoms. The van der Waals surface area contributed by atoms with Crippen molar-refractivity contribution in [3.63, 3.8) is 0 Å². The van der Waals surface area contributed by atoms with Crippen molar-refractivity contribution in [2.24, 2.45) is 0 Å². The summed E-state index contributed by atoms with van der Waals surface area (Å²) < 4.78 is 5.36. The summed E-state index contributed by atoms with van der Waals surface area (Å²) in [6.07, 6.45) is 3.61. The van der Waals surface area contributed by atoms with Crippen LogP contribution in [0.2, 0.25) is 0 Å². The van der Waals surface area contributed by atoms with Crippen molar-refractivity contribution in [1.82, 2.24) is 19.9 Å². The highest BCUT2D eigenvalue weighted by molar-refractivity contribution is 5.14. The Bertz CT molecular complexity index is 623. The molecule has 1 aromatic carbocycles. The van der Waals surface area contributed by atoms with E-state index in [0.29, 0.717) is 5.92 Å². The van der Waals surface area contributed by atoms with Gasteiger partial charge in [-0.25, -0.2) is 0 Å². The molecule has 1 aromatic heterocycles. The van der Waals surface area contributed by atoms with Crippen LogP contribution in [-0.4, -0.2) is 46.1 Å². The molecular weight excluding hydrogens is 288 g/mol. The van der Waals surface area contributed by atoms with Crippen LogP contribution in [0, 0.1) is 0 Å². The van der Waals surface area contributed by atoms with Gasteiger partial charge in [0.05, 0.1) is 6.54 Å². The molecule has 1 aliphatic heterocycles. The smallest absolute Gasteiger partial charge is 0.229 e. The lowest BCUT2D eigenvalue weighted by molar-refractivity contribution is 0.241. The normalized spacial score (nSPS) is 20.5. The van der Waals surface area contributed by atoms with Gasteiger partial charge in [0.25, 0.3) is 0 Å². The minimum absolute atomic E-state index is 0.543. The minimum atomic E-state index is 0.543. The highest BCUT2D eigenvalue weighted by Crippen LogP contribution is 2.38. The fourth-order valence-corrected chi connectivity index (χ4v) is 3.21. The zero-order chi connectivity index (χ0) is 15.5. The standard InChI is InChI=1S/C18H24N4O/c1-2-5-15(6-3-1)13-21-9-4-10-22(12-11-21)14-17-19-18(23-20-17)16-7-8-16/h1-3,5-6,16H,4,7-14H2. The van der Waals surface area contributed by atoms with Crippen LogP contribution in [0.25, 0.3) is 0 Å². The van der Waals surface area contributed by atoms with E-state index in [-0.39, 0.29) is 0 Å². The van der Waals surface area contributed by atoms with Crippen molar-refractivity contribution in [2.45, 2.75) is 38.3 Å². The predicted molar refractivity (Wildman–Crippen MR) is 87.9 cm³/mol. The lowest BCUT2D eigenvalue weighted by Crippen LogP contribution is -2.30.